The molecule has 2 rings (SSSR count). The minimum Gasteiger partial charge on any atom is -0.337 e. The predicted molar refractivity (Wildman–Crippen MR) is 82.0 cm³/mol. The zero-order valence-electron chi connectivity index (χ0n) is 11.6. The molecule has 0 radical (unpaired) electrons. The third-order valence-corrected chi connectivity index (χ3v) is 3.66. The first kappa shape index (κ1) is 15.1. The molecule has 110 valence electrons. The molecule has 0 saturated carbocycles. The van der Waals surface area contributed by atoms with E-state index in [1.165, 1.54) is 5.56 Å². The fraction of sp³-hybridized carbons (Fsp3) is 0.533. The number of hydrogen-bond donors (Lipinski definition) is 2. The zero-order valence-corrected chi connectivity index (χ0v) is 12.4. The van der Waals surface area contributed by atoms with Gasteiger partial charge in [0.25, 0.3) is 0 Å². The number of alkyl halides is 1. The molecule has 1 aliphatic rings. The number of nitrogens with one attached hydrogen (secondary N) is 2. The van der Waals surface area contributed by atoms with Gasteiger partial charge >= 0.3 is 6.03 Å². The molecule has 0 spiro atoms. The summed E-state index contributed by atoms with van der Waals surface area (Å²) >= 11 is 5.55. The molecule has 20 heavy (non-hydrogen) atoms. The second kappa shape index (κ2) is 8.12. The van der Waals surface area contributed by atoms with Crippen molar-refractivity contribution in [3.8, 4) is 0 Å². The van der Waals surface area contributed by atoms with E-state index in [1.807, 2.05) is 6.07 Å². The van der Waals surface area contributed by atoms with Crippen LogP contribution in [0.3, 0.4) is 0 Å². The Morgan fingerprint density at radius 3 is 2.90 bits per heavy atom. The molecule has 1 atom stereocenters. The monoisotopic (exact) mass is 295 g/mol. The van der Waals surface area contributed by atoms with Gasteiger partial charge in [-0.1, -0.05) is 30.3 Å². The lowest BCUT2D eigenvalue weighted by Gasteiger charge is -2.33. The second-order valence-corrected chi connectivity index (χ2v) is 5.53. The minimum absolute atomic E-state index is 0.114. The number of carbonyl (C=O) groups excluding carboxylic acids is 1. The van der Waals surface area contributed by atoms with E-state index >= 15 is 0 Å². The van der Waals surface area contributed by atoms with E-state index in [9.17, 15) is 4.79 Å². The van der Waals surface area contributed by atoms with Crippen molar-refractivity contribution >= 4 is 17.6 Å². The van der Waals surface area contributed by atoms with E-state index < -0.39 is 0 Å². The Bertz CT molecular complexity index is 413. The maximum atomic E-state index is 11.6. The minimum atomic E-state index is -0.114. The van der Waals surface area contributed by atoms with Gasteiger partial charge in [-0.05, 0) is 24.9 Å². The van der Waals surface area contributed by atoms with Crippen molar-refractivity contribution < 1.29 is 4.79 Å². The van der Waals surface area contributed by atoms with Crippen LogP contribution in [0.5, 0.6) is 0 Å². The van der Waals surface area contributed by atoms with Gasteiger partial charge in [0.1, 0.15) is 0 Å². The third-order valence-electron chi connectivity index (χ3n) is 3.47. The summed E-state index contributed by atoms with van der Waals surface area (Å²) < 4.78 is 0. The molecule has 0 aliphatic carbocycles. The highest BCUT2D eigenvalue weighted by Crippen LogP contribution is 2.13. The first-order valence-electron chi connectivity index (χ1n) is 7.14. The summed E-state index contributed by atoms with van der Waals surface area (Å²) in [6.45, 7) is 3.45. The highest BCUT2D eigenvalue weighted by molar-refractivity contribution is 6.18. The van der Waals surface area contributed by atoms with Crippen LogP contribution in [0.4, 0.5) is 4.79 Å². The lowest BCUT2D eigenvalue weighted by molar-refractivity contribution is 0.180. The summed E-state index contributed by atoms with van der Waals surface area (Å²) in [5.74, 6) is 0.443. The number of amides is 2. The number of hydrogen-bond acceptors (Lipinski definition) is 2. The van der Waals surface area contributed by atoms with Gasteiger partial charge in [-0.15, -0.1) is 11.6 Å². The van der Waals surface area contributed by atoms with E-state index in [-0.39, 0.29) is 12.1 Å². The van der Waals surface area contributed by atoms with Gasteiger partial charge in [-0.3, -0.25) is 4.90 Å². The van der Waals surface area contributed by atoms with Crippen molar-refractivity contribution in [1.82, 2.24) is 15.5 Å². The average molecular weight is 296 g/mol. The van der Waals surface area contributed by atoms with Crippen molar-refractivity contribution in [3.05, 3.63) is 35.9 Å². The van der Waals surface area contributed by atoms with Crippen LogP contribution < -0.4 is 10.6 Å². The Morgan fingerprint density at radius 1 is 1.35 bits per heavy atom. The maximum absolute atomic E-state index is 11.6. The Labute approximate surface area is 125 Å². The number of rotatable bonds is 5. The SMILES string of the molecule is O=C(NCCCl)N[C@@H]1CCCN(Cc2ccccc2)C1. The lowest BCUT2D eigenvalue weighted by atomic mass is 10.0. The molecule has 1 aliphatic heterocycles. The van der Waals surface area contributed by atoms with Gasteiger partial charge in [-0.25, -0.2) is 4.79 Å². The first-order valence-corrected chi connectivity index (χ1v) is 7.68. The summed E-state index contributed by atoms with van der Waals surface area (Å²) in [6.07, 6.45) is 2.16. The van der Waals surface area contributed by atoms with Gasteiger partial charge in [0, 0.05) is 31.6 Å². The van der Waals surface area contributed by atoms with Crippen molar-refractivity contribution in [2.45, 2.75) is 25.4 Å². The van der Waals surface area contributed by atoms with Crippen LogP contribution in [0.1, 0.15) is 18.4 Å². The van der Waals surface area contributed by atoms with Crippen LogP contribution in [-0.2, 0) is 6.54 Å². The van der Waals surface area contributed by atoms with Gasteiger partial charge in [0.15, 0.2) is 0 Å². The highest BCUT2D eigenvalue weighted by atomic mass is 35.5. The van der Waals surface area contributed by atoms with Gasteiger partial charge in [0.2, 0.25) is 0 Å². The largest absolute Gasteiger partial charge is 0.337 e. The molecule has 0 aromatic heterocycles. The number of benzene rings is 1. The fourth-order valence-electron chi connectivity index (χ4n) is 2.56. The van der Waals surface area contributed by atoms with E-state index in [2.05, 4.69) is 39.8 Å². The normalized spacial score (nSPS) is 19.6. The van der Waals surface area contributed by atoms with Crippen LogP contribution in [0.15, 0.2) is 30.3 Å². The molecular weight excluding hydrogens is 274 g/mol. The molecule has 5 heteroatoms. The molecule has 1 saturated heterocycles. The molecule has 0 bridgehead atoms. The third kappa shape index (κ3) is 5.02. The Balaban J connectivity index is 1.78. The quantitative estimate of drug-likeness (QED) is 0.818. The summed E-state index contributed by atoms with van der Waals surface area (Å²) in [7, 11) is 0. The number of urea groups is 1. The highest BCUT2D eigenvalue weighted by Gasteiger charge is 2.21. The standard InChI is InChI=1S/C15H22ClN3O/c16-8-9-17-15(20)18-14-7-4-10-19(12-14)11-13-5-2-1-3-6-13/h1-3,5-6,14H,4,7-12H2,(H2,17,18,20)/t14-/m1/s1. The Hall–Kier alpha value is -1.26. The number of carbonyl (C=O) groups is 1. The first-order chi connectivity index (χ1) is 9.78. The summed E-state index contributed by atoms with van der Waals surface area (Å²) in [5, 5.41) is 5.76. The summed E-state index contributed by atoms with van der Waals surface area (Å²) in [4.78, 5) is 14.0. The second-order valence-electron chi connectivity index (χ2n) is 5.15. The Kier molecular flexibility index (Phi) is 6.15. The van der Waals surface area contributed by atoms with Crippen LogP contribution >= 0.6 is 11.6 Å². The zero-order chi connectivity index (χ0) is 14.2. The topological polar surface area (TPSA) is 44.4 Å². The molecule has 1 heterocycles. The number of piperidine rings is 1. The molecule has 0 unspecified atom stereocenters. The smallest absolute Gasteiger partial charge is 0.315 e. The van der Waals surface area contributed by atoms with Crippen LogP contribution in [0, 0.1) is 0 Å². The molecule has 2 N–H and O–H groups in total. The van der Waals surface area contributed by atoms with Gasteiger partial charge < -0.3 is 10.6 Å². The van der Waals surface area contributed by atoms with Crippen molar-refractivity contribution in [1.29, 1.82) is 0 Å². The van der Waals surface area contributed by atoms with Gasteiger partial charge in [0.05, 0.1) is 0 Å². The fourth-order valence-corrected chi connectivity index (χ4v) is 2.65. The number of halogens is 1. The van der Waals surface area contributed by atoms with E-state index in [1.54, 1.807) is 0 Å². The van der Waals surface area contributed by atoms with Crippen LogP contribution in [-0.4, -0.2) is 42.5 Å². The van der Waals surface area contributed by atoms with Crippen LogP contribution in [0.2, 0.25) is 0 Å². The molecule has 2 amide bonds. The number of likely N-dealkylation sites (tertiary alicyclic amines) is 1. The van der Waals surface area contributed by atoms with Crippen LogP contribution in [0.25, 0.3) is 0 Å². The predicted octanol–water partition coefficient (Wildman–Crippen LogP) is 2.19. The Morgan fingerprint density at radius 2 is 2.15 bits per heavy atom. The summed E-state index contributed by atoms with van der Waals surface area (Å²) in [5.41, 5.74) is 1.32. The molecule has 1 aromatic rings. The van der Waals surface area contributed by atoms with E-state index in [4.69, 9.17) is 11.6 Å². The molecule has 1 fully saturated rings. The average Bonchev–Trinajstić information content (AvgIpc) is 2.46. The maximum Gasteiger partial charge on any atom is 0.315 e. The molecule has 1 aromatic carbocycles. The lowest BCUT2D eigenvalue weighted by Crippen LogP contribution is -2.50. The van der Waals surface area contributed by atoms with Crippen molar-refractivity contribution in [2.24, 2.45) is 0 Å². The summed E-state index contributed by atoms with van der Waals surface area (Å²) in [6, 6.07) is 10.6. The van der Waals surface area contributed by atoms with Crippen molar-refractivity contribution in [3.63, 3.8) is 0 Å². The van der Waals surface area contributed by atoms with E-state index in [0.717, 1.165) is 32.5 Å². The van der Waals surface area contributed by atoms with E-state index in [0.29, 0.717) is 12.4 Å². The molecule has 4 nitrogen and oxygen atoms in total. The number of nitrogens with zero attached hydrogens (tertiary/aromatic N) is 1. The molecular formula is C15H22ClN3O. The van der Waals surface area contributed by atoms with Crippen molar-refractivity contribution in [2.75, 3.05) is 25.5 Å². The van der Waals surface area contributed by atoms with Gasteiger partial charge in [-0.2, -0.15) is 0 Å².